The maximum absolute atomic E-state index is 14.3. The van der Waals surface area contributed by atoms with Crippen molar-refractivity contribution in [1.82, 2.24) is 14.9 Å². The van der Waals surface area contributed by atoms with Gasteiger partial charge in [-0.05, 0) is 24.3 Å². The van der Waals surface area contributed by atoms with Gasteiger partial charge < -0.3 is 9.88 Å². The van der Waals surface area contributed by atoms with E-state index in [1.807, 2.05) is 0 Å². The zero-order chi connectivity index (χ0) is 18.0. The number of carbonyl (C=O) groups excluding carboxylic acids is 1. The average molecular weight is 378 g/mol. The second-order valence-corrected chi connectivity index (χ2v) is 6.27. The fourth-order valence-electron chi connectivity index (χ4n) is 2.50. The van der Waals surface area contributed by atoms with Crippen LogP contribution in [0.5, 0.6) is 0 Å². The van der Waals surface area contributed by atoms with Crippen LogP contribution >= 0.6 is 23.2 Å². The van der Waals surface area contributed by atoms with Crippen molar-refractivity contribution in [2.45, 2.75) is 6.04 Å². The Labute approximate surface area is 154 Å². The van der Waals surface area contributed by atoms with Crippen LogP contribution in [0.2, 0.25) is 10.0 Å². The molecule has 0 aliphatic carbocycles. The molecule has 128 valence electrons. The molecular formula is C18H14Cl2FN3O. The van der Waals surface area contributed by atoms with Gasteiger partial charge in [0.25, 0.3) is 5.91 Å². The number of rotatable bonds is 4. The smallest absolute Gasteiger partial charge is 0.252 e. The van der Waals surface area contributed by atoms with E-state index in [1.165, 1.54) is 18.2 Å². The third kappa shape index (κ3) is 3.67. The Hall–Kier alpha value is -2.37. The molecule has 0 saturated heterocycles. The Kier molecular flexibility index (Phi) is 5.06. The highest BCUT2D eigenvalue weighted by Crippen LogP contribution is 2.25. The molecule has 25 heavy (non-hydrogen) atoms. The molecule has 0 spiro atoms. The van der Waals surface area contributed by atoms with Gasteiger partial charge in [-0.25, -0.2) is 9.37 Å². The monoisotopic (exact) mass is 377 g/mol. The van der Waals surface area contributed by atoms with E-state index in [1.54, 1.807) is 48.3 Å². The molecule has 3 aromatic rings. The lowest BCUT2D eigenvalue weighted by Gasteiger charge is -2.20. The van der Waals surface area contributed by atoms with Gasteiger partial charge in [0.1, 0.15) is 17.7 Å². The number of amides is 1. The highest BCUT2D eigenvalue weighted by molar-refractivity contribution is 6.42. The molecule has 1 heterocycles. The van der Waals surface area contributed by atoms with Gasteiger partial charge in [0.05, 0.1) is 10.0 Å². The van der Waals surface area contributed by atoms with Crippen molar-refractivity contribution < 1.29 is 9.18 Å². The summed E-state index contributed by atoms with van der Waals surface area (Å²) in [5.41, 5.74) is 0.648. The molecule has 4 nitrogen and oxygen atoms in total. The van der Waals surface area contributed by atoms with Crippen molar-refractivity contribution in [3.63, 3.8) is 0 Å². The quantitative estimate of drug-likeness (QED) is 0.732. The van der Waals surface area contributed by atoms with Gasteiger partial charge in [0.2, 0.25) is 0 Å². The Balaban J connectivity index is 1.98. The first-order chi connectivity index (χ1) is 12.0. The van der Waals surface area contributed by atoms with E-state index in [4.69, 9.17) is 23.2 Å². The molecule has 0 saturated carbocycles. The first-order valence-electron chi connectivity index (χ1n) is 7.45. The van der Waals surface area contributed by atoms with Crippen LogP contribution < -0.4 is 5.32 Å². The van der Waals surface area contributed by atoms with Crippen LogP contribution in [-0.2, 0) is 7.05 Å². The molecule has 0 aliphatic rings. The number of nitrogens with zero attached hydrogens (tertiary/aromatic N) is 2. The Morgan fingerprint density at radius 3 is 2.60 bits per heavy atom. The molecule has 0 aliphatic heterocycles. The largest absolute Gasteiger partial charge is 0.338 e. The summed E-state index contributed by atoms with van der Waals surface area (Å²) in [4.78, 5) is 16.9. The van der Waals surface area contributed by atoms with Crippen LogP contribution in [0.15, 0.2) is 54.9 Å². The predicted octanol–water partition coefficient (Wildman–Crippen LogP) is 4.39. The Bertz CT molecular complexity index is 926. The number of aromatic nitrogens is 2. The minimum atomic E-state index is -0.747. The first kappa shape index (κ1) is 17.5. The van der Waals surface area contributed by atoms with Crippen LogP contribution in [-0.4, -0.2) is 15.5 Å². The third-order valence-electron chi connectivity index (χ3n) is 3.79. The maximum Gasteiger partial charge on any atom is 0.252 e. The lowest BCUT2D eigenvalue weighted by Crippen LogP contribution is -2.31. The number of halogens is 3. The van der Waals surface area contributed by atoms with Crippen molar-refractivity contribution in [2.75, 3.05) is 0 Å². The number of benzene rings is 2. The standard InChI is InChI=1S/C18H14Cl2FN3O/c1-24-9-8-22-17(24)16(12-4-2-3-5-15(12)21)23-18(25)11-6-7-13(19)14(20)10-11/h2-10,16H,1H3,(H,23,25)/t16-/m0/s1. The van der Waals surface area contributed by atoms with Gasteiger partial charge in [0, 0.05) is 30.6 Å². The molecule has 0 bridgehead atoms. The van der Waals surface area contributed by atoms with Crippen molar-refractivity contribution in [3.05, 3.63) is 87.7 Å². The van der Waals surface area contributed by atoms with E-state index in [0.29, 0.717) is 22.0 Å². The second-order valence-electron chi connectivity index (χ2n) is 5.45. The van der Waals surface area contributed by atoms with Crippen molar-refractivity contribution in [2.24, 2.45) is 7.05 Å². The first-order valence-corrected chi connectivity index (χ1v) is 8.20. The van der Waals surface area contributed by atoms with Gasteiger partial charge in [-0.1, -0.05) is 41.4 Å². The minimum Gasteiger partial charge on any atom is -0.338 e. The van der Waals surface area contributed by atoms with E-state index in [0.717, 1.165) is 0 Å². The zero-order valence-corrected chi connectivity index (χ0v) is 14.7. The zero-order valence-electron chi connectivity index (χ0n) is 13.2. The molecule has 7 heteroatoms. The number of hydrogen-bond acceptors (Lipinski definition) is 2. The summed E-state index contributed by atoms with van der Waals surface area (Å²) in [6.07, 6.45) is 3.32. The Morgan fingerprint density at radius 1 is 1.20 bits per heavy atom. The van der Waals surface area contributed by atoms with Crippen molar-refractivity contribution in [1.29, 1.82) is 0 Å². The second kappa shape index (κ2) is 7.25. The van der Waals surface area contributed by atoms with Crippen LogP contribution in [0, 0.1) is 5.82 Å². The lowest BCUT2D eigenvalue weighted by molar-refractivity contribution is 0.0940. The summed E-state index contributed by atoms with van der Waals surface area (Å²) >= 11 is 11.9. The van der Waals surface area contributed by atoms with Gasteiger partial charge >= 0.3 is 0 Å². The number of aryl methyl sites for hydroxylation is 1. The van der Waals surface area contributed by atoms with Crippen LogP contribution in [0.1, 0.15) is 27.8 Å². The SMILES string of the molecule is Cn1ccnc1[C@@H](NC(=O)c1ccc(Cl)c(Cl)c1)c1ccccc1F. The summed E-state index contributed by atoms with van der Waals surface area (Å²) in [6, 6.07) is 10.1. The van der Waals surface area contributed by atoms with E-state index in [-0.39, 0.29) is 5.02 Å². The van der Waals surface area contributed by atoms with Gasteiger partial charge in [0.15, 0.2) is 0 Å². The van der Waals surface area contributed by atoms with Crippen LogP contribution in [0.25, 0.3) is 0 Å². The lowest BCUT2D eigenvalue weighted by atomic mass is 10.0. The predicted molar refractivity (Wildman–Crippen MR) is 95.4 cm³/mol. The molecule has 1 atom stereocenters. The number of nitrogens with one attached hydrogen (secondary N) is 1. The average Bonchev–Trinajstić information content (AvgIpc) is 3.01. The molecule has 1 amide bonds. The van der Waals surface area contributed by atoms with E-state index in [9.17, 15) is 9.18 Å². The summed E-state index contributed by atoms with van der Waals surface area (Å²) in [5.74, 6) is -0.321. The molecule has 0 unspecified atom stereocenters. The number of hydrogen-bond donors (Lipinski definition) is 1. The van der Waals surface area contributed by atoms with E-state index in [2.05, 4.69) is 10.3 Å². The van der Waals surface area contributed by atoms with Gasteiger partial charge in [-0.3, -0.25) is 4.79 Å². The summed E-state index contributed by atoms with van der Waals surface area (Å²) in [6.45, 7) is 0. The van der Waals surface area contributed by atoms with E-state index < -0.39 is 17.8 Å². The number of imidazole rings is 1. The van der Waals surface area contributed by atoms with Crippen LogP contribution in [0.4, 0.5) is 4.39 Å². The minimum absolute atomic E-state index is 0.272. The maximum atomic E-state index is 14.3. The highest BCUT2D eigenvalue weighted by atomic mass is 35.5. The molecule has 3 rings (SSSR count). The molecular weight excluding hydrogens is 364 g/mol. The van der Waals surface area contributed by atoms with Crippen molar-refractivity contribution >= 4 is 29.1 Å². The number of carbonyl (C=O) groups is 1. The molecule has 1 aromatic heterocycles. The topological polar surface area (TPSA) is 46.9 Å². The Morgan fingerprint density at radius 2 is 1.96 bits per heavy atom. The molecule has 1 N–H and O–H groups in total. The van der Waals surface area contributed by atoms with Gasteiger partial charge in [-0.15, -0.1) is 0 Å². The molecule has 2 aromatic carbocycles. The third-order valence-corrected chi connectivity index (χ3v) is 4.53. The van der Waals surface area contributed by atoms with Gasteiger partial charge in [-0.2, -0.15) is 0 Å². The fourth-order valence-corrected chi connectivity index (χ4v) is 2.80. The fraction of sp³-hybridized carbons (Fsp3) is 0.111. The molecule has 0 fully saturated rings. The highest BCUT2D eigenvalue weighted by Gasteiger charge is 2.24. The van der Waals surface area contributed by atoms with Crippen LogP contribution in [0.3, 0.4) is 0 Å². The molecule has 0 radical (unpaired) electrons. The normalized spacial score (nSPS) is 12.0. The summed E-state index contributed by atoms with van der Waals surface area (Å²) in [5, 5.41) is 3.44. The summed E-state index contributed by atoms with van der Waals surface area (Å²) < 4.78 is 16.0. The van der Waals surface area contributed by atoms with Crippen molar-refractivity contribution in [3.8, 4) is 0 Å². The van der Waals surface area contributed by atoms with E-state index >= 15 is 0 Å². The summed E-state index contributed by atoms with van der Waals surface area (Å²) in [7, 11) is 1.78.